The summed E-state index contributed by atoms with van der Waals surface area (Å²) in [4.78, 5) is 0. The van der Waals surface area contributed by atoms with E-state index in [2.05, 4.69) is 27.7 Å². The molecule has 0 saturated heterocycles. The summed E-state index contributed by atoms with van der Waals surface area (Å²) in [5.41, 5.74) is 0. The minimum atomic E-state index is 0.543. The summed E-state index contributed by atoms with van der Waals surface area (Å²) in [7, 11) is 1.43. The van der Waals surface area contributed by atoms with Gasteiger partial charge in [-0.2, -0.15) is 0 Å². The number of hydrogen-bond acceptors (Lipinski definition) is 0. The van der Waals surface area contributed by atoms with Crippen molar-refractivity contribution in [1.82, 2.24) is 0 Å². The fraction of sp³-hybridized carbons (Fsp3) is 1.00. The third kappa shape index (κ3) is 3.64. The summed E-state index contributed by atoms with van der Waals surface area (Å²) in [5, 5.41) is 0.543. The predicted molar refractivity (Wildman–Crippen MR) is 58.2 cm³/mol. The van der Waals surface area contributed by atoms with Crippen molar-refractivity contribution in [2.24, 2.45) is 5.92 Å². The Labute approximate surface area is 78.4 Å². The maximum absolute atomic E-state index is 2.41. The quantitative estimate of drug-likeness (QED) is 0.521. The third-order valence-electron chi connectivity index (χ3n) is 2.95. The van der Waals surface area contributed by atoms with Crippen LogP contribution in [0.15, 0.2) is 0 Å². The van der Waals surface area contributed by atoms with E-state index in [-0.39, 0.29) is 0 Å². The van der Waals surface area contributed by atoms with Crippen molar-refractivity contribution in [2.75, 3.05) is 0 Å². The molecule has 0 N–H and O–H groups in total. The van der Waals surface area contributed by atoms with Gasteiger partial charge in [-0.1, -0.05) is 64.5 Å². The van der Waals surface area contributed by atoms with Crippen molar-refractivity contribution in [3.05, 3.63) is 0 Å². The molecule has 1 heteroatoms. The molecule has 0 heterocycles. The van der Waals surface area contributed by atoms with Gasteiger partial charge in [-0.3, -0.25) is 0 Å². The molecule has 0 aromatic rings. The second-order valence-corrected chi connectivity index (χ2v) is 5.90. The largest absolute Gasteiger partial charge is 0.130 e. The van der Waals surface area contributed by atoms with E-state index < -0.39 is 0 Å². The third-order valence-corrected chi connectivity index (χ3v) is 2.95. The fourth-order valence-electron chi connectivity index (χ4n) is 2.61. The lowest BCUT2D eigenvalue weighted by atomic mass is 9.45. The zero-order valence-corrected chi connectivity index (χ0v) is 9.19. The van der Waals surface area contributed by atoms with Crippen molar-refractivity contribution in [1.29, 1.82) is 0 Å². The van der Waals surface area contributed by atoms with Crippen molar-refractivity contribution in [3.63, 3.8) is 0 Å². The molecule has 1 rings (SSSR count). The first-order valence-corrected chi connectivity index (χ1v) is 5.47. The molecule has 0 radical (unpaired) electrons. The highest BCUT2D eigenvalue weighted by atomic mass is 14.2. The van der Waals surface area contributed by atoms with Crippen LogP contribution in [-0.2, 0) is 0 Å². The normalized spacial score (nSPS) is 31.7. The molecule has 0 amide bonds. The minimum Gasteiger partial charge on any atom is -0.0671 e. The van der Waals surface area contributed by atoms with Crippen LogP contribution in [0.5, 0.6) is 0 Å². The molecular weight excluding hydrogens is 143 g/mol. The topological polar surface area (TPSA) is 0 Å². The van der Waals surface area contributed by atoms with E-state index >= 15 is 0 Å². The molecule has 1 saturated carbocycles. The van der Waals surface area contributed by atoms with Crippen LogP contribution in [0.3, 0.4) is 0 Å². The summed E-state index contributed by atoms with van der Waals surface area (Å²) in [6, 6.07) is 0. The lowest BCUT2D eigenvalue weighted by Gasteiger charge is -2.30. The molecule has 0 spiro atoms. The Balaban J connectivity index is 2.32. The SMILES string of the molecule is CC1CCCC(BC(C)(C)C)C1. The van der Waals surface area contributed by atoms with Crippen LogP contribution in [0.4, 0.5) is 0 Å². The standard InChI is InChI=1S/C11H23B/c1-9-6-5-7-10(8-9)12-11(2,3)4/h9-10,12H,5-8H2,1-4H3. The van der Waals surface area contributed by atoms with Crippen LogP contribution < -0.4 is 0 Å². The summed E-state index contributed by atoms with van der Waals surface area (Å²) < 4.78 is 0. The Hall–Kier alpha value is 0.0649. The van der Waals surface area contributed by atoms with Gasteiger partial charge in [-0.05, 0) is 5.92 Å². The van der Waals surface area contributed by atoms with Gasteiger partial charge in [-0.15, -0.1) is 0 Å². The van der Waals surface area contributed by atoms with Gasteiger partial charge >= 0.3 is 0 Å². The number of rotatable bonds is 1. The van der Waals surface area contributed by atoms with E-state index in [9.17, 15) is 0 Å². The van der Waals surface area contributed by atoms with Gasteiger partial charge in [0, 0.05) is 0 Å². The molecule has 2 unspecified atom stereocenters. The zero-order valence-electron chi connectivity index (χ0n) is 9.19. The molecule has 2 atom stereocenters. The first kappa shape index (κ1) is 10.1. The molecule has 1 aliphatic rings. The lowest BCUT2D eigenvalue weighted by molar-refractivity contribution is 0.380. The van der Waals surface area contributed by atoms with Crippen LogP contribution in [0, 0.1) is 5.92 Å². The fourth-order valence-corrected chi connectivity index (χ4v) is 2.61. The molecule has 12 heavy (non-hydrogen) atoms. The van der Waals surface area contributed by atoms with Gasteiger partial charge in [0.2, 0.25) is 0 Å². The molecular formula is C11H23B. The smallest absolute Gasteiger partial charge is 0.0671 e. The maximum atomic E-state index is 2.41. The highest BCUT2D eigenvalue weighted by Gasteiger charge is 2.24. The van der Waals surface area contributed by atoms with E-state index in [0.29, 0.717) is 5.31 Å². The van der Waals surface area contributed by atoms with Gasteiger partial charge in [0.05, 0.1) is 0 Å². The van der Waals surface area contributed by atoms with Crippen molar-refractivity contribution in [2.45, 2.75) is 64.5 Å². The molecule has 0 aromatic heterocycles. The van der Waals surface area contributed by atoms with Crippen molar-refractivity contribution >= 4 is 7.28 Å². The van der Waals surface area contributed by atoms with Crippen LogP contribution in [0.2, 0.25) is 11.1 Å². The zero-order chi connectivity index (χ0) is 9.19. The van der Waals surface area contributed by atoms with Crippen molar-refractivity contribution < 1.29 is 0 Å². The first-order valence-electron chi connectivity index (χ1n) is 5.47. The van der Waals surface area contributed by atoms with Gasteiger partial charge < -0.3 is 0 Å². The Morgan fingerprint density at radius 1 is 1.17 bits per heavy atom. The Kier molecular flexibility index (Phi) is 3.26. The highest BCUT2D eigenvalue weighted by molar-refractivity contribution is 6.41. The van der Waals surface area contributed by atoms with Crippen LogP contribution in [0.25, 0.3) is 0 Å². The second kappa shape index (κ2) is 3.85. The van der Waals surface area contributed by atoms with E-state index in [1.807, 2.05) is 0 Å². The van der Waals surface area contributed by atoms with E-state index in [0.717, 1.165) is 11.7 Å². The average Bonchev–Trinajstić information content (AvgIpc) is 1.82. The summed E-state index contributed by atoms with van der Waals surface area (Å²) in [6.45, 7) is 9.51. The molecule has 1 aliphatic carbocycles. The van der Waals surface area contributed by atoms with Crippen LogP contribution in [0.1, 0.15) is 53.4 Å². The average molecular weight is 166 g/mol. The molecule has 0 aromatic carbocycles. The second-order valence-electron chi connectivity index (χ2n) is 5.90. The van der Waals surface area contributed by atoms with Gasteiger partial charge in [-0.25, -0.2) is 0 Å². The highest BCUT2D eigenvalue weighted by Crippen LogP contribution is 2.37. The van der Waals surface area contributed by atoms with Gasteiger partial charge in [0.25, 0.3) is 0 Å². The van der Waals surface area contributed by atoms with Crippen molar-refractivity contribution in [3.8, 4) is 0 Å². The molecule has 70 valence electrons. The minimum absolute atomic E-state index is 0.543. The summed E-state index contributed by atoms with van der Waals surface area (Å²) in [6.07, 6.45) is 5.92. The van der Waals surface area contributed by atoms with E-state index in [4.69, 9.17) is 0 Å². The predicted octanol–water partition coefficient (Wildman–Crippen LogP) is 3.64. The first-order chi connectivity index (χ1) is 5.47. The monoisotopic (exact) mass is 166 g/mol. The molecule has 1 fully saturated rings. The number of hydrogen-bond donors (Lipinski definition) is 0. The van der Waals surface area contributed by atoms with Gasteiger partial charge in [0.1, 0.15) is 7.28 Å². The van der Waals surface area contributed by atoms with E-state index in [1.165, 1.54) is 33.0 Å². The van der Waals surface area contributed by atoms with Crippen LogP contribution in [-0.4, -0.2) is 7.28 Å². The summed E-state index contributed by atoms with van der Waals surface area (Å²) >= 11 is 0. The Morgan fingerprint density at radius 3 is 2.33 bits per heavy atom. The maximum Gasteiger partial charge on any atom is 0.130 e. The molecule has 0 nitrogen and oxygen atoms in total. The molecule has 0 aliphatic heterocycles. The molecule has 0 bridgehead atoms. The Bertz CT molecular complexity index is 134. The lowest BCUT2D eigenvalue weighted by Crippen LogP contribution is -2.20. The van der Waals surface area contributed by atoms with Gasteiger partial charge in [0.15, 0.2) is 0 Å². The summed E-state index contributed by atoms with van der Waals surface area (Å²) in [5.74, 6) is 2.01. The van der Waals surface area contributed by atoms with E-state index in [1.54, 1.807) is 0 Å². The van der Waals surface area contributed by atoms with Crippen LogP contribution >= 0.6 is 0 Å². The Morgan fingerprint density at radius 2 is 1.83 bits per heavy atom.